The minimum Gasteiger partial charge on any atom is -0.423 e. The number of nitrogens with one attached hydrogen (secondary N) is 1. The second kappa shape index (κ2) is 8.63. The van der Waals surface area contributed by atoms with Crippen LogP contribution in [0.25, 0.3) is 11.0 Å². The van der Waals surface area contributed by atoms with E-state index in [0.717, 1.165) is 0 Å². The van der Waals surface area contributed by atoms with Crippen molar-refractivity contribution in [3.8, 4) is 5.75 Å². The van der Waals surface area contributed by atoms with Crippen LogP contribution in [0.1, 0.15) is 20.7 Å². The van der Waals surface area contributed by atoms with Crippen molar-refractivity contribution in [2.45, 2.75) is 0 Å². The first-order valence-corrected chi connectivity index (χ1v) is 9.78. The Morgan fingerprint density at radius 1 is 0.903 bits per heavy atom. The van der Waals surface area contributed by atoms with Crippen molar-refractivity contribution in [1.29, 1.82) is 0 Å². The lowest BCUT2D eigenvalue weighted by molar-refractivity contribution is 0.0730. The third-order valence-corrected chi connectivity index (χ3v) is 4.93. The van der Waals surface area contributed by atoms with Crippen LogP contribution in [0.4, 0.5) is 5.69 Å². The van der Waals surface area contributed by atoms with Crippen molar-refractivity contribution in [2.75, 3.05) is 5.32 Å². The Labute approximate surface area is 186 Å². The van der Waals surface area contributed by atoms with Gasteiger partial charge in [-0.05, 0) is 54.6 Å². The molecule has 154 valence electrons. The zero-order chi connectivity index (χ0) is 22.0. The highest BCUT2D eigenvalue weighted by Gasteiger charge is 2.17. The van der Waals surface area contributed by atoms with E-state index in [1.54, 1.807) is 36.4 Å². The Morgan fingerprint density at radius 2 is 1.65 bits per heavy atom. The average molecular weight is 454 g/mol. The Bertz CT molecular complexity index is 1360. The number of hydrogen-bond donors (Lipinski definition) is 1. The highest BCUT2D eigenvalue weighted by Crippen LogP contribution is 2.26. The summed E-state index contributed by atoms with van der Waals surface area (Å²) in [7, 11) is 0. The fraction of sp³-hybridized carbons (Fsp3) is 0. The van der Waals surface area contributed by atoms with Crippen LogP contribution in [0.2, 0.25) is 10.0 Å². The summed E-state index contributed by atoms with van der Waals surface area (Å²) in [5.74, 6) is -1.12. The largest absolute Gasteiger partial charge is 0.423 e. The first-order valence-electron chi connectivity index (χ1n) is 9.02. The fourth-order valence-corrected chi connectivity index (χ4v) is 3.17. The summed E-state index contributed by atoms with van der Waals surface area (Å²) in [6.07, 6.45) is 0. The molecule has 1 amide bonds. The fourth-order valence-electron chi connectivity index (χ4n) is 2.83. The van der Waals surface area contributed by atoms with E-state index in [1.165, 1.54) is 36.4 Å². The Morgan fingerprint density at radius 3 is 2.42 bits per heavy atom. The van der Waals surface area contributed by atoms with Crippen LogP contribution in [-0.4, -0.2) is 11.9 Å². The lowest BCUT2D eigenvalue weighted by Gasteiger charge is -2.09. The maximum atomic E-state index is 12.4. The van der Waals surface area contributed by atoms with Crippen molar-refractivity contribution in [3.05, 3.63) is 104 Å². The molecule has 0 aliphatic heterocycles. The average Bonchev–Trinajstić information content (AvgIpc) is 2.76. The number of carbonyl (C=O) groups excluding carboxylic acids is 2. The van der Waals surface area contributed by atoms with Crippen LogP contribution in [0, 0.1) is 0 Å². The predicted molar refractivity (Wildman–Crippen MR) is 118 cm³/mol. The van der Waals surface area contributed by atoms with E-state index >= 15 is 0 Å². The highest BCUT2D eigenvalue weighted by molar-refractivity contribution is 6.35. The third kappa shape index (κ3) is 4.60. The van der Waals surface area contributed by atoms with E-state index in [-0.39, 0.29) is 11.3 Å². The first-order chi connectivity index (χ1) is 14.9. The lowest BCUT2D eigenvalue weighted by atomic mass is 10.2. The van der Waals surface area contributed by atoms with Crippen LogP contribution >= 0.6 is 23.2 Å². The monoisotopic (exact) mass is 453 g/mol. The Hall–Kier alpha value is -3.61. The zero-order valence-electron chi connectivity index (χ0n) is 15.7. The Balaban J connectivity index is 1.49. The summed E-state index contributed by atoms with van der Waals surface area (Å²) in [6.45, 7) is 0. The standard InChI is InChI=1S/C23H13Cl2NO5/c24-15-7-10-18(25)19(12-15)26-21(27)13-5-8-16(9-6-13)30-22(28)17-11-14-3-1-2-4-20(14)31-23(17)29/h1-12H,(H,26,27). The molecule has 0 radical (unpaired) electrons. The summed E-state index contributed by atoms with van der Waals surface area (Å²) in [4.78, 5) is 36.9. The van der Waals surface area contributed by atoms with Crippen molar-refractivity contribution in [3.63, 3.8) is 0 Å². The SMILES string of the molecule is O=C(Nc1cc(Cl)ccc1Cl)c1ccc(OC(=O)c2cc3ccccc3oc2=O)cc1. The van der Waals surface area contributed by atoms with Crippen LogP contribution in [0.3, 0.4) is 0 Å². The van der Waals surface area contributed by atoms with Gasteiger partial charge in [-0.1, -0.05) is 41.4 Å². The van der Waals surface area contributed by atoms with E-state index in [0.29, 0.717) is 32.3 Å². The number of anilines is 1. The van der Waals surface area contributed by atoms with Crippen molar-refractivity contribution >= 4 is 51.7 Å². The molecule has 6 nitrogen and oxygen atoms in total. The molecule has 0 fully saturated rings. The molecule has 0 bridgehead atoms. The normalized spacial score (nSPS) is 10.6. The molecule has 0 aliphatic rings. The number of carbonyl (C=O) groups is 2. The van der Waals surface area contributed by atoms with E-state index in [2.05, 4.69) is 5.32 Å². The van der Waals surface area contributed by atoms with E-state index in [9.17, 15) is 14.4 Å². The number of para-hydroxylation sites is 1. The highest BCUT2D eigenvalue weighted by atomic mass is 35.5. The van der Waals surface area contributed by atoms with Crippen LogP contribution in [-0.2, 0) is 0 Å². The molecule has 4 aromatic rings. The molecule has 0 atom stereocenters. The van der Waals surface area contributed by atoms with Crippen LogP contribution in [0.15, 0.2) is 82.0 Å². The summed E-state index contributed by atoms with van der Waals surface area (Å²) in [5.41, 5.74) is 0.0344. The molecule has 1 N–H and O–H groups in total. The van der Waals surface area contributed by atoms with E-state index in [1.807, 2.05) is 0 Å². The van der Waals surface area contributed by atoms with Gasteiger partial charge in [0.1, 0.15) is 16.9 Å². The molecule has 1 aromatic heterocycles. The minimum atomic E-state index is -0.859. The molecule has 0 saturated carbocycles. The van der Waals surface area contributed by atoms with Gasteiger partial charge in [0.25, 0.3) is 5.91 Å². The molecule has 0 saturated heterocycles. The van der Waals surface area contributed by atoms with Gasteiger partial charge in [0.15, 0.2) is 0 Å². The van der Waals surface area contributed by atoms with Gasteiger partial charge < -0.3 is 14.5 Å². The number of fused-ring (bicyclic) bond motifs is 1. The molecule has 3 aromatic carbocycles. The lowest BCUT2D eigenvalue weighted by Crippen LogP contribution is -2.18. The number of amides is 1. The first kappa shape index (κ1) is 20.7. The van der Waals surface area contributed by atoms with Gasteiger partial charge in [-0.15, -0.1) is 0 Å². The summed E-state index contributed by atoms with van der Waals surface area (Å²) in [6, 6.07) is 18.8. The molecule has 1 heterocycles. The maximum Gasteiger partial charge on any atom is 0.351 e. The molecule has 0 unspecified atom stereocenters. The van der Waals surface area contributed by atoms with Gasteiger partial charge in [0.2, 0.25) is 0 Å². The Kier molecular flexibility index (Phi) is 5.75. The van der Waals surface area contributed by atoms with Gasteiger partial charge in [-0.25, -0.2) is 9.59 Å². The summed E-state index contributed by atoms with van der Waals surface area (Å²) in [5, 5.41) is 4.03. The topological polar surface area (TPSA) is 85.6 Å². The molecular formula is C23H13Cl2NO5. The number of benzene rings is 3. The van der Waals surface area contributed by atoms with Crippen molar-refractivity contribution < 1.29 is 18.7 Å². The molecule has 4 rings (SSSR count). The van der Waals surface area contributed by atoms with Crippen molar-refractivity contribution in [2.24, 2.45) is 0 Å². The molecular weight excluding hydrogens is 441 g/mol. The van der Waals surface area contributed by atoms with Gasteiger partial charge in [0.05, 0.1) is 10.7 Å². The molecule has 31 heavy (non-hydrogen) atoms. The third-order valence-electron chi connectivity index (χ3n) is 4.36. The molecule has 0 aliphatic carbocycles. The van der Waals surface area contributed by atoms with Crippen LogP contribution < -0.4 is 15.7 Å². The van der Waals surface area contributed by atoms with Gasteiger partial charge in [-0.3, -0.25) is 4.79 Å². The number of ether oxygens (including phenoxy) is 1. The summed E-state index contributed by atoms with van der Waals surface area (Å²) < 4.78 is 10.4. The van der Waals surface area contributed by atoms with E-state index in [4.69, 9.17) is 32.4 Å². The van der Waals surface area contributed by atoms with Crippen molar-refractivity contribution in [1.82, 2.24) is 0 Å². The molecule has 8 heteroatoms. The van der Waals surface area contributed by atoms with E-state index < -0.39 is 17.5 Å². The van der Waals surface area contributed by atoms with Gasteiger partial charge >= 0.3 is 11.6 Å². The predicted octanol–water partition coefficient (Wildman–Crippen LogP) is 5.57. The second-order valence-electron chi connectivity index (χ2n) is 6.48. The number of rotatable bonds is 4. The number of halogens is 2. The minimum absolute atomic E-state index is 0.162. The number of esters is 1. The second-order valence-corrected chi connectivity index (χ2v) is 7.32. The maximum absolute atomic E-state index is 12.4. The number of hydrogen-bond acceptors (Lipinski definition) is 5. The van der Waals surface area contributed by atoms with Gasteiger partial charge in [-0.2, -0.15) is 0 Å². The van der Waals surface area contributed by atoms with Gasteiger partial charge in [0, 0.05) is 16.0 Å². The molecule has 0 spiro atoms. The summed E-state index contributed by atoms with van der Waals surface area (Å²) >= 11 is 12.0. The smallest absolute Gasteiger partial charge is 0.351 e. The zero-order valence-corrected chi connectivity index (χ0v) is 17.2. The van der Waals surface area contributed by atoms with Crippen LogP contribution in [0.5, 0.6) is 5.75 Å². The quantitative estimate of drug-likeness (QED) is 0.248.